The number of nitrogens with two attached hydrogens (primary N) is 2. The summed E-state index contributed by atoms with van der Waals surface area (Å²) in [6.45, 7) is 0.261. The van der Waals surface area contributed by atoms with Crippen LogP contribution in [0.4, 0.5) is 0 Å². The highest BCUT2D eigenvalue weighted by Crippen LogP contribution is 2.47. The maximum absolute atomic E-state index is 12.8. The number of ether oxygens (including phenoxy) is 1. The molecule has 1 aliphatic heterocycles. The lowest BCUT2D eigenvalue weighted by molar-refractivity contribution is -0.113. The molecular formula is C18H19ClN4O4S2. The molecule has 2 aromatic rings. The second kappa shape index (κ2) is 9.04. The molecule has 0 radical (unpaired) electrons. The quantitative estimate of drug-likeness (QED) is 0.205. The van der Waals surface area contributed by atoms with Crippen molar-refractivity contribution in [3.8, 4) is 11.5 Å². The number of fused-ring (bicyclic) bond motifs is 2. The third kappa shape index (κ3) is 5.41. The summed E-state index contributed by atoms with van der Waals surface area (Å²) in [6, 6.07) is 10.9. The molecule has 0 amide bonds. The third-order valence-corrected chi connectivity index (χ3v) is 6.86. The number of nitrogens with zero attached hydrogens (tertiary/aromatic N) is 1. The van der Waals surface area contributed by atoms with Gasteiger partial charge in [0.05, 0.1) is 20.7 Å². The van der Waals surface area contributed by atoms with Crippen molar-refractivity contribution in [1.82, 2.24) is 4.72 Å². The Hall–Kier alpha value is -2.27. The number of sulfonamides is 1. The fourth-order valence-corrected chi connectivity index (χ4v) is 5.20. The van der Waals surface area contributed by atoms with Crippen LogP contribution in [-0.4, -0.2) is 32.2 Å². The Balaban J connectivity index is 1.75. The Labute approximate surface area is 177 Å². The first kappa shape index (κ1) is 21.4. The molecule has 5 N–H and O–H groups in total. The SMILES string of the molecule is NC(N)=NCCC[C@H](NS(=O)(=O)c1ccc2c(c1)Sc1ccccc1O2)C(=O)Cl. The number of hydrogen-bond acceptors (Lipinski definition) is 6. The van der Waals surface area contributed by atoms with Crippen molar-refractivity contribution >= 4 is 44.6 Å². The molecule has 0 unspecified atom stereocenters. The van der Waals surface area contributed by atoms with Crippen molar-refractivity contribution in [1.29, 1.82) is 0 Å². The number of rotatable bonds is 8. The molecule has 0 saturated heterocycles. The smallest absolute Gasteiger partial charge is 0.241 e. The highest BCUT2D eigenvalue weighted by Gasteiger charge is 2.26. The van der Waals surface area contributed by atoms with E-state index < -0.39 is 21.3 Å². The van der Waals surface area contributed by atoms with E-state index in [4.69, 9.17) is 27.8 Å². The molecule has 3 rings (SSSR count). The molecule has 11 heteroatoms. The summed E-state index contributed by atoms with van der Waals surface area (Å²) in [5, 5.41) is -0.803. The van der Waals surface area contributed by atoms with Gasteiger partial charge in [-0.25, -0.2) is 8.42 Å². The van der Waals surface area contributed by atoms with Crippen molar-refractivity contribution in [3.05, 3.63) is 42.5 Å². The number of carbonyl (C=O) groups is 1. The van der Waals surface area contributed by atoms with Gasteiger partial charge < -0.3 is 16.2 Å². The zero-order valence-electron chi connectivity index (χ0n) is 15.2. The first-order valence-electron chi connectivity index (χ1n) is 8.62. The van der Waals surface area contributed by atoms with Gasteiger partial charge in [-0.05, 0) is 54.8 Å². The highest BCUT2D eigenvalue weighted by atomic mass is 35.5. The molecule has 1 atom stereocenters. The van der Waals surface area contributed by atoms with E-state index in [1.54, 1.807) is 6.07 Å². The van der Waals surface area contributed by atoms with Gasteiger partial charge >= 0.3 is 0 Å². The molecule has 0 aromatic heterocycles. The van der Waals surface area contributed by atoms with E-state index >= 15 is 0 Å². The summed E-state index contributed by atoms with van der Waals surface area (Å²) in [7, 11) is -3.98. The average Bonchev–Trinajstić information content (AvgIpc) is 2.67. The number of benzene rings is 2. The Kier molecular flexibility index (Phi) is 6.68. The topological polar surface area (TPSA) is 137 Å². The number of para-hydroxylation sites is 1. The van der Waals surface area contributed by atoms with Gasteiger partial charge in [0.1, 0.15) is 11.5 Å². The molecule has 2 aromatic carbocycles. The van der Waals surface area contributed by atoms with Gasteiger partial charge in [-0.2, -0.15) is 4.72 Å². The predicted octanol–water partition coefficient (Wildman–Crippen LogP) is 2.41. The van der Waals surface area contributed by atoms with E-state index in [1.807, 2.05) is 24.3 Å². The van der Waals surface area contributed by atoms with Gasteiger partial charge in [-0.1, -0.05) is 23.9 Å². The highest BCUT2D eigenvalue weighted by molar-refractivity contribution is 7.99. The summed E-state index contributed by atoms with van der Waals surface area (Å²) in [4.78, 5) is 17.0. The van der Waals surface area contributed by atoms with Crippen LogP contribution in [0, 0.1) is 0 Å². The molecule has 0 aliphatic carbocycles. The number of guanidine groups is 1. The van der Waals surface area contributed by atoms with Crippen LogP contribution in [0.3, 0.4) is 0 Å². The minimum absolute atomic E-state index is 0.0128. The summed E-state index contributed by atoms with van der Waals surface area (Å²) in [5.74, 6) is 1.21. The molecule has 154 valence electrons. The lowest BCUT2D eigenvalue weighted by Crippen LogP contribution is -2.39. The van der Waals surface area contributed by atoms with Gasteiger partial charge in [0.2, 0.25) is 15.3 Å². The fourth-order valence-electron chi connectivity index (χ4n) is 2.65. The second-order valence-electron chi connectivity index (χ2n) is 6.19. The summed E-state index contributed by atoms with van der Waals surface area (Å²) >= 11 is 6.98. The lowest BCUT2D eigenvalue weighted by atomic mass is 10.2. The van der Waals surface area contributed by atoms with Crippen LogP contribution in [0.15, 0.2) is 62.1 Å². The van der Waals surface area contributed by atoms with Gasteiger partial charge in [0.15, 0.2) is 5.96 Å². The monoisotopic (exact) mass is 454 g/mol. The van der Waals surface area contributed by atoms with E-state index in [1.165, 1.54) is 23.9 Å². The molecule has 1 heterocycles. The van der Waals surface area contributed by atoms with E-state index in [9.17, 15) is 13.2 Å². The largest absolute Gasteiger partial charge is 0.455 e. The minimum Gasteiger partial charge on any atom is -0.455 e. The van der Waals surface area contributed by atoms with Crippen LogP contribution < -0.4 is 20.9 Å². The number of aliphatic imine (C=N–C) groups is 1. The third-order valence-electron chi connectivity index (χ3n) is 4.03. The number of halogens is 1. The van der Waals surface area contributed by atoms with Gasteiger partial charge in [0, 0.05) is 6.54 Å². The molecule has 29 heavy (non-hydrogen) atoms. The van der Waals surface area contributed by atoms with Gasteiger partial charge in [-0.3, -0.25) is 9.79 Å². The first-order valence-corrected chi connectivity index (χ1v) is 11.3. The van der Waals surface area contributed by atoms with E-state index in [-0.39, 0.29) is 23.8 Å². The van der Waals surface area contributed by atoms with Crippen LogP contribution in [-0.2, 0) is 14.8 Å². The van der Waals surface area contributed by atoms with Crippen molar-refractivity contribution in [2.75, 3.05) is 6.54 Å². The van der Waals surface area contributed by atoms with Crippen LogP contribution in [0.5, 0.6) is 11.5 Å². The normalized spacial score (nSPS) is 13.6. The van der Waals surface area contributed by atoms with Crippen molar-refractivity contribution in [3.63, 3.8) is 0 Å². The maximum Gasteiger partial charge on any atom is 0.241 e. The number of carbonyl (C=O) groups excluding carboxylic acids is 1. The fraction of sp³-hybridized carbons (Fsp3) is 0.222. The van der Waals surface area contributed by atoms with Crippen LogP contribution in [0.1, 0.15) is 12.8 Å². The maximum atomic E-state index is 12.8. The molecule has 0 saturated carbocycles. The van der Waals surface area contributed by atoms with Crippen LogP contribution >= 0.6 is 23.4 Å². The Morgan fingerprint density at radius 3 is 2.62 bits per heavy atom. The van der Waals surface area contributed by atoms with Crippen LogP contribution in [0.25, 0.3) is 0 Å². The van der Waals surface area contributed by atoms with E-state index in [2.05, 4.69) is 9.71 Å². The Morgan fingerprint density at radius 1 is 1.17 bits per heavy atom. The molecule has 1 aliphatic rings. The Bertz CT molecular complexity index is 1060. The van der Waals surface area contributed by atoms with E-state index in [0.717, 1.165) is 4.90 Å². The first-order chi connectivity index (χ1) is 13.8. The van der Waals surface area contributed by atoms with Gasteiger partial charge in [-0.15, -0.1) is 0 Å². The summed E-state index contributed by atoms with van der Waals surface area (Å²) in [5.41, 5.74) is 10.5. The standard InChI is InChI=1S/C18H19ClN4O4S2/c19-17(24)12(4-3-9-22-18(20)21)23-29(25,26)11-7-8-14-16(10-11)28-15-6-2-1-5-13(15)27-14/h1-2,5-8,10,12,23H,3-4,9H2,(H4,20,21,22)/t12-/m0/s1. The number of nitrogens with one attached hydrogen (secondary N) is 1. The predicted molar refractivity (Wildman–Crippen MR) is 112 cm³/mol. The van der Waals surface area contributed by atoms with Crippen molar-refractivity contribution < 1.29 is 17.9 Å². The average molecular weight is 455 g/mol. The molecular weight excluding hydrogens is 436 g/mol. The number of hydrogen-bond donors (Lipinski definition) is 3. The molecule has 0 fully saturated rings. The zero-order valence-corrected chi connectivity index (χ0v) is 17.6. The van der Waals surface area contributed by atoms with Crippen molar-refractivity contribution in [2.24, 2.45) is 16.5 Å². The lowest BCUT2D eigenvalue weighted by Gasteiger charge is -2.20. The summed E-state index contributed by atoms with van der Waals surface area (Å²) in [6.07, 6.45) is 0.544. The van der Waals surface area contributed by atoms with Crippen molar-refractivity contribution in [2.45, 2.75) is 33.6 Å². The molecule has 0 bridgehead atoms. The van der Waals surface area contributed by atoms with Gasteiger partial charge in [0.25, 0.3) is 0 Å². The zero-order chi connectivity index (χ0) is 21.0. The Morgan fingerprint density at radius 2 is 1.90 bits per heavy atom. The molecule has 0 spiro atoms. The van der Waals surface area contributed by atoms with Crippen LogP contribution in [0.2, 0.25) is 0 Å². The molecule has 8 nitrogen and oxygen atoms in total. The summed E-state index contributed by atoms with van der Waals surface area (Å²) < 4.78 is 33.7. The van der Waals surface area contributed by atoms with E-state index in [0.29, 0.717) is 22.8 Å². The minimum atomic E-state index is -3.98. The second-order valence-corrected chi connectivity index (χ2v) is 9.36.